The summed E-state index contributed by atoms with van der Waals surface area (Å²) in [5.74, 6) is 2.62. The Morgan fingerprint density at radius 2 is 2.25 bits per heavy atom. The fraction of sp³-hybridized carbons (Fsp3) is 0.500. The molecule has 5 nitrogen and oxygen atoms in total. The summed E-state index contributed by atoms with van der Waals surface area (Å²) in [6.07, 6.45) is 5.47. The number of nitrogens with zero attached hydrogens (tertiary/aromatic N) is 3. The number of hydrogen-bond acceptors (Lipinski definition) is 5. The van der Waals surface area contributed by atoms with Gasteiger partial charge in [0, 0.05) is 6.20 Å². The van der Waals surface area contributed by atoms with Gasteiger partial charge in [0.1, 0.15) is 5.69 Å². The zero-order chi connectivity index (χ0) is 13.5. The van der Waals surface area contributed by atoms with E-state index < -0.39 is 0 Å². The van der Waals surface area contributed by atoms with E-state index in [2.05, 4.69) is 20.4 Å². The zero-order valence-corrected chi connectivity index (χ0v) is 11.7. The number of rotatable bonds is 2. The quantitative estimate of drug-likeness (QED) is 0.921. The molecular weight excluding hydrogens is 276 g/mol. The lowest BCUT2D eigenvalue weighted by Crippen LogP contribution is -2.18. The summed E-state index contributed by atoms with van der Waals surface area (Å²) in [6.45, 7) is 1.06. The minimum Gasteiger partial charge on any atom is -0.337 e. The summed E-state index contributed by atoms with van der Waals surface area (Å²) in [5, 5.41) is 8.15. The number of aromatic nitrogens is 3. The molecule has 1 N–H and O–H groups in total. The van der Waals surface area contributed by atoms with Crippen LogP contribution < -0.4 is 5.32 Å². The second kappa shape index (κ2) is 4.82. The molecule has 20 heavy (non-hydrogen) atoms. The first-order chi connectivity index (χ1) is 9.81. The van der Waals surface area contributed by atoms with Gasteiger partial charge in [-0.2, -0.15) is 4.98 Å². The van der Waals surface area contributed by atoms with Gasteiger partial charge in [-0.05, 0) is 43.4 Å². The topological polar surface area (TPSA) is 63.8 Å². The number of hydrogen-bond donors (Lipinski definition) is 1. The third kappa shape index (κ3) is 2.01. The zero-order valence-electron chi connectivity index (χ0n) is 10.9. The van der Waals surface area contributed by atoms with Crippen molar-refractivity contribution in [1.29, 1.82) is 0 Å². The van der Waals surface area contributed by atoms with E-state index in [4.69, 9.17) is 16.1 Å². The maximum absolute atomic E-state index is 5.83. The average molecular weight is 291 g/mol. The van der Waals surface area contributed by atoms with Gasteiger partial charge >= 0.3 is 0 Å². The van der Waals surface area contributed by atoms with Crippen LogP contribution in [0.3, 0.4) is 0 Å². The van der Waals surface area contributed by atoms with Gasteiger partial charge in [-0.25, -0.2) is 0 Å². The van der Waals surface area contributed by atoms with Gasteiger partial charge in [0.15, 0.2) is 0 Å². The SMILES string of the molecule is Clc1ccc(-c2noc(C3NCC4CCCC43)n2)nc1. The Morgan fingerprint density at radius 1 is 1.30 bits per heavy atom. The van der Waals surface area contributed by atoms with E-state index in [1.807, 2.05) is 0 Å². The second-order valence-electron chi connectivity index (χ2n) is 5.56. The fourth-order valence-corrected chi connectivity index (χ4v) is 3.54. The molecule has 2 aromatic heterocycles. The van der Waals surface area contributed by atoms with E-state index in [0.717, 1.165) is 12.5 Å². The van der Waals surface area contributed by atoms with Crippen LogP contribution in [0.25, 0.3) is 11.5 Å². The van der Waals surface area contributed by atoms with Crippen LogP contribution in [0.4, 0.5) is 0 Å². The molecule has 104 valence electrons. The van der Waals surface area contributed by atoms with E-state index >= 15 is 0 Å². The van der Waals surface area contributed by atoms with Gasteiger partial charge < -0.3 is 9.84 Å². The lowest BCUT2D eigenvalue weighted by molar-refractivity contribution is 0.302. The van der Waals surface area contributed by atoms with Crippen LogP contribution in [-0.4, -0.2) is 21.7 Å². The molecule has 0 radical (unpaired) electrons. The third-order valence-corrected chi connectivity index (χ3v) is 4.63. The molecule has 1 aliphatic heterocycles. The summed E-state index contributed by atoms with van der Waals surface area (Å²) in [6, 6.07) is 3.79. The van der Waals surface area contributed by atoms with Crippen molar-refractivity contribution >= 4 is 11.6 Å². The van der Waals surface area contributed by atoms with Crippen molar-refractivity contribution in [2.75, 3.05) is 6.54 Å². The van der Waals surface area contributed by atoms with E-state index in [1.54, 1.807) is 18.3 Å². The molecule has 1 saturated carbocycles. The minimum absolute atomic E-state index is 0.205. The molecule has 3 atom stereocenters. The number of fused-ring (bicyclic) bond motifs is 1. The predicted octanol–water partition coefficient (Wildman–Crippen LogP) is 2.85. The van der Waals surface area contributed by atoms with Crippen molar-refractivity contribution in [3.63, 3.8) is 0 Å². The van der Waals surface area contributed by atoms with Crippen molar-refractivity contribution in [2.45, 2.75) is 25.3 Å². The van der Waals surface area contributed by atoms with Gasteiger partial charge in [0.05, 0.1) is 11.1 Å². The van der Waals surface area contributed by atoms with Gasteiger partial charge in [-0.1, -0.05) is 23.2 Å². The highest BCUT2D eigenvalue weighted by atomic mass is 35.5. The van der Waals surface area contributed by atoms with Gasteiger partial charge in [-0.15, -0.1) is 0 Å². The number of nitrogens with one attached hydrogen (secondary N) is 1. The monoisotopic (exact) mass is 290 g/mol. The first-order valence-electron chi connectivity index (χ1n) is 7.00. The summed E-state index contributed by atoms with van der Waals surface area (Å²) in [7, 11) is 0. The molecule has 2 aromatic rings. The van der Waals surface area contributed by atoms with Crippen LogP contribution in [0.5, 0.6) is 0 Å². The molecule has 2 fully saturated rings. The van der Waals surface area contributed by atoms with Gasteiger partial charge in [0.25, 0.3) is 0 Å². The van der Waals surface area contributed by atoms with Crippen molar-refractivity contribution in [2.24, 2.45) is 11.8 Å². The van der Waals surface area contributed by atoms with Crippen LogP contribution >= 0.6 is 11.6 Å². The molecule has 0 bridgehead atoms. The van der Waals surface area contributed by atoms with Gasteiger partial charge in [-0.3, -0.25) is 4.98 Å². The van der Waals surface area contributed by atoms with Crippen LogP contribution in [0.1, 0.15) is 31.2 Å². The molecular formula is C14H15ClN4O. The molecule has 1 aliphatic carbocycles. The summed E-state index contributed by atoms with van der Waals surface area (Å²) in [4.78, 5) is 8.72. The Kier molecular flexibility index (Phi) is 2.97. The van der Waals surface area contributed by atoms with E-state index in [1.165, 1.54) is 19.3 Å². The van der Waals surface area contributed by atoms with Crippen molar-refractivity contribution in [3.05, 3.63) is 29.2 Å². The minimum atomic E-state index is 0.205. The Labute approximate surface area is 121 Å². The molecule has 1 saturated heterocycles. The van der Waals surface area contributed by atoms with Gasteiger partial charge in [0.2, 0.25) is 11.7 Å². The van der Waals surface area contributed by atoms with E-state index in [9.17, 15) is 0 Å². The molecule has 4 rings (SSSR count). The van der Waals surface area contributed by atoms with Crippen LogP contribution in [-0.2, 0) is 0 Å². The van der Waals surface area contributed by atoms with Crippen LogP contribution in [0.2, 0.25) is 5.02 Å². The highest BCUT2D eigenvalue weighted by Crippen LogP contribution is 2.44. The molecule has 3 heterocycles. The second-order valence-corrected chi connectivity index (χ2v) is 6.00. The lowest BCUT2D eigenvalue weighted by atomic mass is 9.94. The lowest BCUT2D eigenvalue weighted by Gasteiger charge is -2.13. The summed E-state index contributed by atoms with van der Waals surface area (Å²) < 4.78 is 5.44. The smallest absolute Gasteiger partial charge is 0.244 e. The molecule has 0 amide bonds. The molecule has 3 unspecified atom stereocenters. The Hall–Kier alpha value is -1.46. The van der Waals surface area contributed by atoms with Crippen LogP contribution in [0.15, 0.2) is 22.9 Å². The van der Waals surface area contributed by atoms with Crippen molar-refractivity contribution in [1.82, 2.24) is 20.4 Å². The molecule has 2 aliphatic rings. The van der Waals surface area contributed by atoms with Crippen molar-refractivity contribution < 1.29 is 4.52 Å². The molecule has 0 aromatic carbocycles. The highest BCUT2D eigenvalue weighted by molar-refractivity contribution is 6.30. The summed E-state index contributed by atoms with van der Waals surface area (Å²) >= 11 is 5.83. The normalized spacial score (nSPS) is 28.8. The number of halogens is 1. The summed E-state index contributed by atoms with van der Waals surface area (Å²) in [5.41, 5.74) is 0.686. The average Bonchev–Trinajstić information content (AvgIpc) is 3.15. The fourth-order valence-electron chi connectivity index (χ4n) is 3.43. The standard InChI is InChI=1S/C14H15ClN4O/c15-9-4-5-11(16-7-9)13-18-14(20-19-13)12-10-3-1-2-8(10)6-17-12/h4-5,7-8,10,12,17H,1-3,6H2. The number of pyridine rings is 1. The molecule has 6 heteroatoms. The largest absolute Gasteiger partial charge is 0.337 e. The molecule has 0 spiro atoms. The van der Waals surface area contributed by atoms with E-state index in [-0.39, 0.29) is 6.04 Å². The Balaban J connectivity index is 1.60. The Morgan fingerprint density at radius 3 is 3.10 bits per heavy atom. The highest BCUT2D eigenvalue weighted by Gasteiger charge is 2.42. The predicted molar refractivity (Wildman–Crippen MR) is 74.1 cm³/mol. The van der Waals surface area contributed by atoms with Crippen LogP contribution in [0, 0.1) is 11.8 Å². The first kappa shape index (κ1) is 12.3. The third-order valence-electron chi connectivity index (χ3n) is 4.41. The van der Waals surface area contributed by atoms with E-state index in [0.29, 0.717) is 28.3 Å². The van der Waals surface area contributed by atoms with Crippen molar-refractivity contribution in [3.8, 4) is 11.5 Å². The maximum atomic E-state index is 5.83. The first-order valence-corrected chi connectivity index (χ1v) is 7.38. The maximum Gasteiger partial charge on any atom is 0.244 e. The Bertz CT molecular complexity index is 612.